The molecule has 36 heavy (non-hydrogen) atoms. The van der Waals surface area contributed by atoms with Gasteiger partial charge < -0.3 is 15.4 Å². The van der Waals surface area contributed by atoms with Crippen molar-refractivity contribution in [1.29, 1.82) is 0 Å². The van der Waals surface area contributed by atoms with E-state index in [1.807, 2.05) is 0 Å². The van der Waals surface area contributed by atoms with Crippen LogP contribution in [-0.2, 0) is 10.9 Å². The van der Waals surface area contributed by atoms with Gasteiger partial charge >= 0.3 is 6.18 Å². The first-order valence-corrected chi connectivity index (χ1v) is 11.1. The predicted octanol–water partition coefficient (Wildman–Crippen LogP) is 5.84. The molecule has 2 amide bonds. The van der Waals surface area contributed by atoms with Crippen LogP contribution in [0.3, 0.4) is 0 Å². The number of anilines is 1. The molecule has 0 aromatic heterocycles. The molecule has 1 atom stereocenters. The van der Waals surface area contributed by atoms with Crippen LogP contribution < -0.4 is 10.6 Å². The molecule has 1 fully saturated rings. The minimum absolute atomic E-state index is 0.0680. The summed E-state index contributed by atoms with van der Waals surface area (Å²) in [5, 5.41) is 5.39. The minimum Gasteiger partial charge on any atom is -0.380 e. The lowest BCUT2D eigenvalue weighted by atomic mass is 9.89. The van der Waals surface area contributed by atoms with E-state index in [9.17, 15) is 31.5 Å². The van der Waals surface area contributed by atoms with Gasteiger partial charge in [0.15, 0.2) is 0 Å². The summed E-state index contributed by atoms with van der Waals surface area (Å²) in [6, 6.07) is 7.37. The highest BCUT2D eigenvalue weighted by Gasteiger charge is 2.37. The van der Waals surface area contributed by atoms with Gasteiger partial charge in [0.2, 0.25) is 0 Å². The molecule has 0 spiro atoms. The van der Waals surface area contributed by atoms with Crippen LogP contribution in [0.4, 0.5) is 27.6 Å². The van der Waals surface area contributed by atoms with E-state index >= 15 is 0 Å². The van der Waals surface area contributed by atoms with Gasteiger partial charge in [0.25, 0.3) is 11.8 Å². The molecular weight excluding hydrogens is 507 g/mol. The highest BCUT2D eigenvalue weighted by molar-refractivity contribution is 6.31. The van der Waals surface area contributed by atoms with E-state index in [4.69, 9.17) is 16.3 Å². The number of rotatable bonds is 4. The van der Waals surface area contributed by atoms with Crippen LogP contribution in [0.5, 0.6) is 0 Å². The molecule has 5 rings (SSSR count). The van der Waals surface area contributed by atoms with E-state index in [0.29, 0.717) is 30.9 Å². The van der Waals surface area contributed by atoms with E-state index < -0.39 is 46.8 Å². The SMILES string of the molecule is O=C(Nc1cc(C2COC2)cc2c1[C@H](c1cc(F)ccc1Cl)NC2=O)c1cc(F)cc(C(F)(F)F)c1. The van der Waals surface area contributed by atoms with Gasteiger partial charge in [-0.05, 0) is 54.1 Å². The molecule has 5 nitrogen and oxygen atoms in total. The Morgan fingerprint density at radius 1 is 1.03 bits per heavy atom. The van der Waals surface area contributed by atoms with Crippen molar-refractivity contribution in [3.05, 3.63) is 98.6 Å². The topological polar surface area (TPSA) is 67.4 Å². The van der Waals surface area contributed by atoms with Gasteiger partial charge in [-0.15, -0.1) is 0 Å². The number of fused-ring (bicyclic) bond motifs is 1. The molecule has 0 unspecified atom stereocenters. The molecule has 0 bridgehead atoms. The van der Waals surface area contributed by atoms with Crippen LogP contribution in [0.1, 0.15) is 54.9 Å². The zero-order valence-electron chi connectivity index (χ0n) is 18.2. The van der Waals surface area contributed by atoms with Crippen molar-refractivity contribution < 1.29 is 36.3 Å². The number of ether oxygens (including phenoxy) is 1. The van der Waals surface area contributed by atoms with Crippen molar-refractivity contribution in [2.75, 3.05) is 18.5 Å². The first-order valence-electron chi connectivity index (χ1n) is 10.7. The minimum atomic E-state index is -4.86. The number of alkyl halides is 3. The van der Waals surface area contributed by atoms with Crippen LogP contribution in [0.2, 0.25) is 5.02 Å². The van der Waals surface area contributed by atoms with E-state index in [1.165, 1.54) is 6.07 Å². The largest absolute Gasteiger partial charge is 0.416 e. The predicted molar refractivity (Wildman–Crippen MR) is 120 cm³/mol. The van der Waals surface area contributed by atoms with Crippen molar-refractivity contribution in [2.45, 2.75) is 18.1 Å². The fraction of sp³-hybridized carbons (Fsp3) is 0.200. The van der Waals surface area contributed by atoms with Crippen molar-refractivity contribution in [2.24, 2.45) is 0 Å². The Morgan fingerprint density at radius 3 is 2.44 bits per heavy atom. The zero-order valence-corrected chi connectivity index (χ0v) is 18.9. The number of halogens is 6. The monoisotopic (exact) mass is 522 g/mol. The number of amides is 2. The summed E-state index contributed by atoms with van der Waals surface area (Å²) in [5.74, 6) is -3.43. The average Bonchev–Trinajstić information content (AvgIpc) is 3.10. The smallest absolute Gasteiger partial charge is 0.380 e. The number of hydrogen-bond acceptors (Lipinski definition) is 3. The van der Waals surface area contributed by atoms with Crippen LogP contribution in [0, 0.1) is 11.6 Å². The van der Waals surface area contributed by atoms with Crippen LogP contribution >= 0.6 is 11.6 Å². The van der Waals surface area contributed by atoms with Crippen molar-refractivity contribution >= 4 is 29.1 Å². The Balaban J connectivity index is 1.61. The molecule has 1 saturated heterocycles. The van der Waals surface area contributed by atoms with Gasteiger partial charge in [-0.3, -0.25) is 9.59 Å². The van der Waals surface area contributed by atoms with Gasteiger partial charge in [0, 0.05) is 38.9 Å². The third kappa shape index (κ3) is 4.42. The molecule has 0 aliphatic carbocycles. The van der Waals surface area contributed by atoms with Gasteiger partial charge in [-0.25, -0.2) is 8.78 Å². The second-order valence-corrected chi connectivity index (χ2v) is 8.92. The standard InChI is InChI=1S/C25H16ClF5N2O3/c26-19-2-1-15(27)8-17(19)22-21-18(24(35)33-22)5-11(13-9-36-10-13)6-20(21)32-23(34)12-3-14(25(29,30)31)7-16(28)4-12/h1-8,13,22H,9-10H2,(H,32,34)(H,33,35)/t22-/m0/s1. The lowest BCUT2D eigenvalue weighted by molar-refractivity contribution is -0.137. The Kier molecular flexibility index (Phi) is 5.96. The van der Waals surface area contributed by atoms with E-state index in [2.05, 4.69) is 10.6 Å². The Labute approximate surface area is 206 Å². The summed E-state index contributed by atoms with van der Waals surface area (Å²) < 4.78 is 72.6. The number of hydrogen-bond donors (Lipinski definition) is 2. The van der Waals surface area contributed by atoms with E-state index in [1.54, 1.807) is 12.1 Å². The average molecular weight is 523 g/mol. The number of carbonyl (C=O) groups excluding carboxylic acids is 2. The maximum absolute atomic E-state index is 14.0. The highest BCUT2D eigenvalue weighted by atomic mass is 35.5. The zero-order chi connectivity index (χ0) is 25.8. The van der Waals surface area contributed by atoms with Crippen molar-refractivity contribution in [3.8, 4) is 0 Å². The molecule has 0 saturated carbocycles. The molecule has 3 aromatic carbocycles. The van der Waals surface area contributed by atoms with Crippen LogP contribution in [-0.4, -0.2) is 25.0 Å². The Bertz CT molecular complexity index is 1410. The van der Waals surface area contributed by atoms with Gasteiger partial charge in [-0.1, -0.05) is 11.6 Å². The second kappa shape index (κ2) is 8.86. The molecule has 2 aliphatic heterocycles. The molecule has 2 N–H and O–H groups in total. The highest BCUT2D eigenvalue weighted by Crippen LogP contribution is 2.42. The molecule has 3 aromatic rings. The lowest BCUT2D eigenvalue weighted by Gasteiger charge is -2.28. The van der Waals surface area contributed by atoms with E-state index in [0.717, 1.165) is 12.1 Å². The normalized spacial score (nSPS) is 17.4. The summed E-state index contributed by atoms with van der Waals surface area (Å²) >= 11 is 6.27. The van der Waals surface area contributed by atoms with Crippen molar-refractivity contribution in [3.63, 3.8) is 0 Å². The summed E-state index contributed by atoms with van der Waals surface area (Å²) in [7, 11) is 0. The summed E-state index contributed by atoms with van der Waals surface area (Å²) in [5.41, 5.74) is -0.449. The molecule has 0 radical (unpaired) electrons. The van der Waals surface area contributed by atoms with Crippen LogP contribution in [0.25, 0.3) is 0 Å². The first kappa shape index (κ1) is 24.2. The molecule has 11 heteroatoms. The number of benzene rings is 3. The Hall–Kier alpha value is -3.50. The van der Waals surface area contributed by atoms with Gasteiger partial charge in [-0.2, -0.15) is 13.2 Å². The fourth-order valence-electron chi connectivity index (χ4n) is 4.27. The third-order valence-electron chi connectivity index (χ3n) is 6.13. The molecule has 2 aliphatic rings. The van der Waals surface area contributed by atoms with E-state index in [-0.39, 0.29) is 39.4 Å². The summed E-state index contributed by atoms with van der Waals surface area (Å²) in [6.45, 7) is 0.761. The van der Waals surface area contributed by atoms with Gasteiger partial charge in [0.1, 0.15) is 11.6 Å². The van der Waals surface area contributed by atoms with Crippen molar-refractivity contribution in [1.82, 2.24) is 5.32 Å². The lowest BCUT2D eigenvalue weighted by Crippen LogP contribution is -2.25. The third-order valence-corrected chi connectivity index (χ3v) is 6.47. The molecular formula is C25H16ClF5N2O3. The first-order chi connectivity index (χ1) is 17.0. The van der Waals surface area contributed by atoms with Crippen LogP contribution in [0.15, 0.2) is 48.5 Å². The quantitative estimate of drug-likeness (QED) is 0.423. The maximum atomic E-state index is 14.0. The fourth-order valence-corrected chi connectivity index (χ4v) is 4.50. The number of nitrogens with one attached hydrogen (secondary N) is 2. The van der Waals surface area contributed by atoms with Gasteiger partial charge in [0.05, 0.1) is 24.8 Å². The number of carbonyl (C=O) groups is 2. The molecule has 186 valence electrons. The summed E-state index contributed by atoms with van der Waals surface area (Å²) in [4.78, 5) is 25.9. The Morgan fingerprint density at radius 2 is 1.78 bits per heavy atom. The molecule has 2 heterocycles. The second-order valence-electron chi connectivity index (χ2n) is 8.52. The summed E-state index contributed by atoms with van der Waals surface area (Å²) in [6.07, 6.45) is -4.86. The maximum Gasteiger partial charge on any atom is 0.416 e.